The fourth-order valence-corrected chi connectivity index (χ4v) is 2.85. The molecule has 0 bridgehead atoms. The van der Waals surface area contributed by atoms with Crippen LogP contribution in [0.4, 0.5) is 5.69 Å². The van der Waals surface area contributed by atoms with Crippen LogP contribution in [0.3, 0.4) is 0 Å². The van der Waals surface area contributed by atoms with Gasteiger partial charge in [0.15, 0.2) is 0 Å². The summed E-state index contributed by atoms with van der Waals surface area (Å²) in [6.07, 6.45) is 2.17. The lowest BCUT2D eigenvalue weighted by atomic mass is 9.91. The molecule has 0 spiro atoms. The summed E-state index contributed by atoms with van der Waals surface area (Å²) in [5, 5.41) is 11.0. The lowest BCUT2D eigenvalue weighted by molar-refractivity contribution is -0.385. The number of ether oxygens (including phenoxy) is 1. The average Bonchev–Trinajstić information content (AvgIpc) is 2.47. The molecular weight excluding hydrogens is 270 g/mol. The van der Waals surface area contributed by atoms with Crippen LogP contribution in [0, 0.1) is 16.0 Å². The molecule has 0 radical (unpaired) electrons. The zero-order valence-electron chi connectivity index (χ0n) is 12.6. The Bertz CT molecular complexity index is 497. The smallest absolute Gasteiger partial charge is 0.273 e. The van der Waals surface area contributed by atoms with E-state index in [1.165, 1.54) is 13.2 Å². The van der Waals surface area contributed by atoms with Gasteiger partial charge in [-0.2, -0.15) is 0 Å². The molecule has 1 aromatic rings. The Morgan fingerprint density at radius 2 is 2.10 bits per heavy atom. The standard InChI is InChI=1S/C15H23N3O3/c1-11(16)13-3-5-17(6-4-13)10-12-7-14(18(19)20)9-15(8-12)21-2/h7-9,11,13H,3-6,10,16H2,1-2H3. The highest BCUT2D eigenvalue weighted by Crippen LogP contribution is 2.25. The van der Waals surface area contributed by atoms with Crippen molar-refractivity contribution < 1.29 is 9.66 Å². The van der Waals surface area contributed by atoms with Crippen molar-refractivity contribution >= 4 is 5.69 Å². The van der Waals surface area contributed by atoms with E-state index < -0.39 is 0 Å². The number of hydrogen-bond donors (Lipinski definition) is 1. The highest BCUT2D eigenvalue weighted by molar-refractivity contribution is 5.42. The summed E-state index contributed by atoms with van der Waals surface area (Å²) in [7, 11) is 1.52. The van der Waals surface area contributed by atoms with Crippen molar-refractivity contribution in [3.05, 3.63) is 33.9 Å². The maximum absolute atomic E-state index is 11.0. The first-order valence-corrected chi connectivity index (χ1v) is 7.30. The number of nitrogens with two attached hydrogens (primary N) is 1. The van der Waals surface area contributed by atoms with E-state index in [1.54, 1.807) is 6.07 Å². The van der Waals surface area contributed by atoms with Crippen molar-refractivity contribution in [2.45, 2.75) is 32.4 Å². The number of hydrogen-bond acceptors (Lipinski definition) is 5. The molecule has 0 aliphatic carbocycles. The van der Waals surface area contributed by atoms with Crippen LogP contribution in [-0.2, 0) is 6.54 Å². The number of likely N-dealkylation sites (tertiary alicyclic amines) is 1. The van der Waals surface area contributed by atoms with Crippen molar-refractivity contribution in [1.29, 1.82) is 0 Å². The minimum atomic E-state index is -0.381. The Balaban J connectivity index is 2.03. The monoisotopic (exact) mass is 293 g/mol. The van der Waals surface area contributed by atoms with Crippen LogP contribution in [0.2, 0.25) is 0 Å². The van der Waals surface area contributed by atoms with Crippen molar-refractivity contribution in [3.8, 4) is 5.75 Å². The number of non-ortho nitro benzene ring substituents is 1. The van der Waals surface area contributed by atoms with Gasteiger partial charge < -0.3 is 10.5 Å². The number of piperidine rings is 1. The molecule has 1 aliphatic heterocycles. The molecule has 2 N–H and O–H groups in total. The highest BCUT2D eigenvalue weighted by atomic mass is 16.6. The molecule has 6 heteroatoms. The second-order valence-corrected chi connectivity index (χ2v) is 5.77. The van der Waals surface area contributed by atoms with Gasteiger partial charge in [-0.1, -0.05) is 0 Å². The van der Waals surface area contributed by atoms with Crippen molar-refractivity contribution in [1.82, 2.24) is 4.90 Å². The third-order valence-electron chi connectivity index (χ3n) is 4.18. The predicted octanol–water partition coefficient (Wildman–Crippen LogP) is 2.16. The van der Waals surface area contributed by atoms with Crippen LogP contribution in [0.1, 0.15) is 25.3 Å². The van der Waals surface area contributed by atoms with Crippen molar-refractivity contribution in [2.75, 3.05) is 20.2 Å². The minimum Gasteiger partial charge on any atom is -0.496 e. The van der Waals surface area contributed by atoms with Crippen molar-refractivity contribution in [2.24, 2.45) is 11.7 Å². The van der Waals surface area contributed by atoms with Gasteiger partial charge in [0, 0.05) is 18.7 Å². The Hall–Kier alpha value is -1.66. The van der Waals surface area contributed by atoms with Crippen LogP contribution in [0.25, 0.3) is 0 Å². The number of benzene rings is 1. The number of nitro benzene ring substituents is 1. The molecule has 1 aliphatic rings. The second kappa shape index (κ2) is 6.87. The molecule has 1 saturated heterocycles. The third kappa shape index (κ3) is 4.15. The Labute approximate surface area is 125 Å². The topological polar surface area (TPSA) is 81.6 Å². The van der Waals surface area contributed by atoms with Crippen LogP contribution in [0.5, 0.6) is 5.75 Å². The minimum absolute atomic E-state index is 0.0785. The fourth-order valence-electron chi connectivity index (χ4n) is 2.85. The molecule has 6 nitrogen and oxygen atoms in total. The van der Waals surface area contributed by atoms with Gasteiger partial charge in [0.25, 0.3) is 5.69 Å². The molecule has 1 fully saturated rings. The first kappa shape index (κ1) is 15.7. The van der Waals surface area contributed by atoms with Gasteiger partial charge in [-0.25, -0.2) is 0 Å². The lowest BCUT2D eigenvalue weighted by Crippen LogP contribution is -2.39. The molecule has 0 amide bonds. The van der Waals surface area contributed by atoms with Gasteiger partial charge in [0.05, 0.1) is 18.1 Å². The molecular formula is C15H23N3O3. The van der Waals surface area contributed by atoms with E-state index in [-0.39, 0.29) is 16.7 Å². The molecule has 116 valence electrons. The van der Waals surface area contributed by atoms with Gasteiger partial charge >= 0.3 is 0 Å². The van der Waals surface area contributed by atoms with Crippen LogP contribution in [-0.4, -0.2) is 36.1 Å². The largest absolute Gasteiger partial charge is 0.496 e. The SMILES string of the molecule is COc1cc(CN2CCC(C(C)N)CC2)cc([N+](=O)[O-])c1. The van der Waals surface area contributed by atoms with Gasteiger partial charge in [0.1, 0.15) is 5.75 Å². The molecule has 0 saturated carbocycles. The Morgan fingerprint density at radius 3 is 2.62 bits per heavy atom. The number of nitro groups is 1. The molecule has 1 heterocycles. The zero-order valence-corrected chi connectivity index (χ0v) is 12.6. The zero-order chi connectivity index (χ0) is 15.4. The summed E-state index contributed by atoms with van der Waals surface area (Å²) in [4.78, 5) is 12.9. The van der Waals surface area contributed by atoms with E-state index in [4.69, 9.17) is 10.5 Å². The van der Waals surface area contributed by atoms with Crippen LogP contribution < -0.4 is 10.5 Å². The molecule has 1 aromatic carbocycles. The predicted molar refractivity (Wildman–Crippen MR) is 81.3 cm³/mol. The number of methoxy groups -OCH3 is 1. The Morgan fingerprint density at radius 1 is 1.43 bits per heavy atom. The maximum atomic E-state index is 11.0. The van der Waals surface area contributed by atoms with Crippen molar-refractivity contribution in [3.63, 3.8) is 0 Å². The summed E-state index contributed by atoms with van der Waals surface area (Å²) in [6.45, 7) is 4.74. The van der Waals surface area contributed by atoms with E-state index in [0.717, 1.165) is 31.5 Å². The van der Waals surface area contributed by atoms with E-state index >= 15 is 0 Å². The number of nitrogens with zero attached hydrogens (tertiary/aromatic N) is 2. The first-order valence-electron chi connectivity index (χ1n) is 7.30. The quantitative estimate of drug-likeness (QED) is 0.664. The van der Waals surface area contributed by atoms with E-state index in [9.17, 15) is 10.1 Å². The molecule has 2 rings (SSSR count). The lowest BCUT2D eigenvalue weighted by Gasteiger charge is -2.33. The van der Waals surface area contributed by atoms with E-state index in [0.29, 0.717) is 18.2 Å². The normalized spacial score (nSPS) is 18.4. The highest BCUT2D eigenvalue weighted by Gasteiger charge is 2.22. The van der Waals surface area contributed by atoms with E-state index in [1.807, 2.05) is 6.07 Å². The molecule has 21 heavy (non-hydrogen) atoms. The summed E-state index contributed by atoms with van der Waals surface area (Å²) < 4.78 is 5.14. The maximum Gasteiger partial charge on any atom is 0.273 e. The van der Waals surface area contributed by atoms with E-state index in [2.05, 4.69) is 11.8 Å². The average molecular weight is 293 g/mol. The molecule has 1 atom stereocenters. The fraction of sp³-hybridized carbons (Fsp3) is 0.600. The van der Waals surface area contributed by atoms with Crippen LogP contribution >= 0.6 is 0 Å². The van der Waals surface area contributed by atoms with Gasteiger partial charge in [-0.15, -0.1) is 0 Å². The molecule has 0 aromatic heterocycles. The van der Waals surface area contributed by atoms with Gasteiger partial charge in [-0.05, 0) is 50.4 Å². The second-order valence-electron chi connectivity index (χ2n) is 5.77. The van der Waals surface area contributed by atoms with Crippen LogP contribution in [0.15, 0.2) is 18.2 Å². The summed E-state index contributed by atoms with van der Waals surface area (Å²) >= 11 is 0. The Kier molecular flexibility index (Phi) is 5.14. The van der Waals surface area contributed by atoms with Gasteiger partial charge in [0.2, 0.25) is 0 Å². The third-order valence-corrected chi connectivity index (χ3v) is 4.18. The number of rotatable bonds is 5. The first-order chi connectivity index (χ1) is 9.99. The molecule has 1 unspecified atom stereocenters. The summed E-state index contributed by atoms with van der Waals surface area (Å²) in [5.74, 6) is 1.12. The summed E-state index contributed by atoms with van der Waals surface area (Å²) in [5.41, 5.74) is 6.94. The van der Waals surface area contributed by atoms with Gasteiger partial charge in [-0.3, -0.25) is 15.0 Å². The summed E-state index contributed by atoms with van der Waals surface area (Å²) in [6, 6.07) is 5.18.